The third-order valence-electron chi connectivity index (χ3n) is 4.28. The van der Waals surface area contributed by atoms with E-state index in [9.17, 15) is 19.2 Å². The Morgan fingerprint density at radius 1 is 1.15 bits per heavy atom. The third-order valence-corrected chi connectivity index (χ3v) is 4.28. The van der Waals surface area contributed by atoms with Crippen molar-refractivity contribution in [3.8, 4) is 0 Å². The van der Waals surface area contributed by atoms with Gasteiger partial charge in [0, 0.05) is 33.1 Å². The number of aliphatic carboxylic acids is 1. The van der Waals surface area contributed by atoms with E-state index in [0.29, 0.717) is 32.4 Å². The van der Waals surface area contributed by atoms with E-state index >= 15 is 0 Å². The molecule has 1 saturated heterocycles. The summed E-state index contributed by atoms with van der Waals surface area (Å²) in [6.45, 7) is 4.49. The summed E-state index contributed by atoms with van der Waals surface area (Å²) < 4.78 is 0. The molecule has 1 aliphatic heterocycles. The van der Waals surface area contributed by atoms with Gasteiger partial charge in [0.15, 0.2) is 0 Å². The number of hydrogen-bond donors (Lipinski definition) is 3. The Labute approximate surface area is 154 Å². The summed E-state index contributed by atoms with van der Waals surface area (Å²) >= 11 is 0. The highest BCUT2D eigenvalue weighted by Crippen LogP contribution is 2.18. The van der Waals surface area contributed by atoms with Crippen LogP contribution in [0, 0.1) is 11.8 Å². The van der Waals surface area contributed by atoms with Gasteiger partial charge in [0.05, 0.1) is 6.54 Å². The molecular formula is C17H30N4O5. The van der Waals surface area contributed by atoms with Gasteiger partial charge < -0.3 is 25.5 Å². The minimum atomic E-state index is -1.09. The fourth-order valence-corrected chi connectivity index (χ4v) is 2.87. The van der Waals surface area contributed by atoms with Gasteiger partial charge in [-0.2, -0.15) is 0 Å². The van der Waals surface area contributed by atoms with Crippen molar-refractivity contribution in [2.45, 2.75) is 39.2 Å². The maximum Gasteiger partial charge on any atom is 0.326 e. The van der Waals surface area contributed by atoms with Crippen LogP contribution in [0.5, 0.6) is 0 Å². The second-order valence-corrected chi connectivity index (χ2v) is 7.24. The number of carboxylic acid groups (broad SMARTS) is 1. The molecule has 3 N–H and O–H groups in total. The van der Waals surface area contributed by atoms with Crippen LogP contribution in [0.2, 0.25) is 0 Å². The van der Waals surface area contributed by atoms with Gasteiger partial charge in [0.1, 0.15) is 6.04 Å². The highest BCUT2D eigenvalue weighted by Gasteiger charge is 2.28. The number of urea groups is 1. The lowest BCUT2D eigenvalue weighted by Crippen LogP contribution is -2.49. The Kier molecular flexibility index (Phi) is 8.34. The van der Waals surface area contributed by atoms with Crippen LogP contribution in [-0.4, -0.2) is 78.5 Å². The molecule has 9 heteroatoms. The number of carbonyl (C=O) groups excluding carboxylic acids is 3. The molecule has 0 unspecified atom stereocenters. The smallest absolute Gasteiger partial charge is 0.326 e. The van der Waals surface area contributed by atoms with Crippen molar-refractivity contribution < 1.29 is 24.3 Å². The highest BCUT2D eigenvalue weighted by molar-refractivity contribution is 5.88. The van der Waals surface area contributed by atoms with Crippen LogP contribution >= 0.6 is 0 Å². The number of likely N-dealkylation sites (tertiary alicyclic amines) is 1. The van der Waals surface area contributed by atoms with Crippen molar-refractivity contribution in [3.05, 3.63) is 0 Å². The van der Waals surface area contributed by atoms with Crippen LogP contribution in [0.3, 0.4) is 0 Å². The summed E-state index contributed by atoms with van der Waals surface area (Å²) in [6, 6.07) is -1.03. The van der Waals surface area contributed by atoms with Crippen LogP contribution in [0.15, 0.2) is 0 Å². The van der Waals surface area contributed by atoms with Gasteiger partial charge in [0.25, 0.3) is 0 Å². The molecule has 0 aromatic rings. The van der Waals surface area contributed by atoms with E-state index in [0.717, 1.165) is 0 Å². The minimum Gasteiger partial charge on any atom is -0.480 e. The first-order valence-corrected chi connectivity index (χ1v) is 8.88. The Morgan fingerprint density at radius 2 is 1.73 bits per heavy atom. The number of carboxylic acids is 1. The summed E-state index contributed by atoms with van der Waals surface area (Å²) in [5, 5.41) is 14.1. The van der Waals surface area contributed by atoms with E-state index < -0.39 is 17.9 Å². The zero-order valence-corrected chi connectivity index (χ0v) is 15.9. The molecule has 26 heavy (non-hydrogen) atoms. The molecule has 1 aliphatic rings. The predicted octanol–water partition coefficient (Wildman–Crippen LogP) is 0.112. The molecule has 1 fully saturated rings. The van der Waals surface area contributed by atoms with E-state index in [2.05, 4.69) is 10.6 Å². The molecule has 4 amide bonds. The number of rotatable bonds is 7. The molecule has 1 atom stereocenters. The second kappa shape index (κ2) is 9.98. The number of nitrogens with one attached hydrogen (secondary N) is 2. The van der Waals surface area contributed by atoms with E-state index in [-0.39, 0.29) is 30.3 Å². The molecule has 0 bridgehead atoms. The Morgan fingerprint density at radius 3 is 2.19 bits per heavy atom. The first-order chi connectivity index (χ1) is 12.1. The van der Waals surface area contributed by atoms with Crippen molar-refractivity contribution >= 4 is 23.8 Å². The van der Waals surface area contributed by atoms with E-state index in [1.54, 1.807) is 19.0 Å². The van der Waals surface area contributed by atoms with E-state index in [1.807, 2.05) is 13.8 Å². The number of carbonyl (C=O) groups is 4. The van der Waals surface area contributed by atoms with Crippen LogP contribution in [-0.2, 0) is 14.4 Å². The van der Waals surface area contributed by atoms with Crippen LogP contribution in [0.25, 0.3) is 0 Å². The Hall–Kier alpha value is -2.32. The largest absolute Gasteiger partial charge is 0.480 e. The normalized spacial score (nSPS) is 16.1. The van der Waals surface area contributed by atoms with Gasteiger partial charge in [-0.1, -0.05) is 13.8 Å². The summed E-state index contributed by atoms with van der Waals surface area (Å²) in [6.07, 6.45) is 1.41. The molecule has 0 aromatic carbocycles. The minimum absolute atomic E-state index is 0.0758. The topological polar surface area (TPSA) is 119 Å². The van der Waals surface area contributed by atoms with Crippen molar-refractivity contribution in [2.75, 3.05) is 33.7 Å². The molecule has 1 heterocycles. The molecule has 0 aromatic heterocycles. The standard InChI is InChI=1S/C17H30N4O5/c1-11(2)9-13(16(24)25)19-14(22)10-18-15(23)12-5-7-21(8-6-12)17(26)20(3)4/h11-13H,5-10H2,1-4H3,(H,18,23)(H,19,22)(H,24,25)/t13-/m0/s1. The number of hydrogen-bond acceptors (Lipinski definition) is 4. The van der Waals surface area contributed by atoms with Gasteiger partial charge in [-0.05, 0) is 25.2 Å². The summed E-state index contributed by atoms with van der Waals surface area (Å²) in [7, 11) is 3.37. The number of nitrogens with zero attached hydrogens (tertiary/aromatic N) is 2. The summed E-state index contributed by atoms with van der Waals surface area (Å²) in [5.41, 5.74) is 0. The molecule has 148 valence electrons. The maximum atomic E-state index is 12.2. The third kappa shape index (κ3) is 6.89. The average molecular weight is 370 g/mol. The van der Waals surface area contributed by atoms with Crippen molar-refractivity contribution in [3.63, 3.8) is 0 Å². The van der Waals surface area contributed by atoms with Crippen molar-refractivity contribution in [1.29, 1.82) is 0 Å². The average Bonchev–Trinajstić information content (AvgIpc) is 2.58. The predicted molar refractivity (Wildman–Crippen MR) is 95.4 cm³/mol. The summed E-state index contributed by atoms with van der Waals surface area (Å²) in [5.74, 6) is -1.98. The van der Waals surface area contributed by atoms with Gasteiger partial charge >= 0.3 is 12.0 Å². The quantitative estimate of drug-likeness (QED) is 0.588. The fourth-order valence-electron chi connectivity index (χ4n) is 2.87. The SMILES string of the molecule is CC(C)C[C@H](NC(=O)CNC(=O)C1CCN(C(=O)N(C)C)CC1)C(=O)O. The number of amides is 4. The van der Waals surface area contributed by atoms with Crippen LogP contribution in [0.1, 0.15) is 33.1 Å². The first-order valence-electron chi connectivity index (χ1n) is 8.88. The fraction of sp³-hybridized carbons (Fsp3) is 0.765. The van der Waals surface area contributed by atoms with Crippen molar-refractivity contribution in [1.82, 2.24) is 20.4 Å². The van der Waals surface area contributed by atoms with Gasteiger partial charge in [-0.25, -0.2) is 9.59 Å². The highest BCUT2D eigenvalue weighted by atomic mass is 16.4. The lowest BCUT2D eigenvalue weighted by atomic mass is 9.96. The summed E-state index contributed by atoms with van der Waals surface area (Å²) in [4.78, 5) is 50.3. The van der Waals surface area contributed by atoms with E-state index in [4.69, 9.17) is 5.11 Å². The zero-order valence-electron chi connectivity index (χ0n) is 15.9. The van der Waals surface area contributed by atoms with E-state index in [1.165, 1.54) is 4.90 Å². The molecule has 9 nitrogen and oxygen atoms in total. The molecule has 0 spiro atoms. The first kappa shape index (κ1) is 21.7. The molecule has 1 rings (SSSR count). The lowest BCUT2D eigenvalue weighted by molar-refractivity contribution is -0.142. The second-order valence-electron chi connectivity index (χ2n) is 7.24. The Bertz CT molecular complexity index is 527. The monoisotopic (exact) mass is 370 g/mol. The van der Waals surface area contributed by atoms with Gasteiger partial charge in [-0.15, -0.1) is 0 Å². The van der Waals surface area contributed by atoms with Crippen LogP contribution < -0.4 is 10.6 Å². The Balaban J connectivity index is 2.39. The number of piperidine rings is 1. The van der Waals surface area contributed by atoms with Crippen LogP contribution in [0.4, 0.5) is 4.79 Å². The molecule has 0 aliphatic carbocycles. The van der Waals surface area contributed by atoms with Gasteiger partial charge in [-0.3, -0.25) is 9.59 Å². The van der Waals surface area contributed by atoms with Gasteiger partial charge in [0.2, 0.25) is 11.8 Å². The maximum absolute atomic E-state index is 12.2. The van der Waals surface area contributed by atoms with Crippen molar-refractivity contribution in [2.24, 2.45) is 11.8 Å². The zero-order chi connectivity index (χ0) is 19.9. The molecule has 0 radical (unpaired) electrons. The molecule has 0 saturated carbocycles. The molecular weight excluding hydrogens is 340 g/mol. The lowest BCUT2D eigenvalue weighted by Gasteiger charge is -2.33.